The van der Waals surface area contributed by atoms with Gasteiger partial charge in [0.25, 0.3) is 0 Å². The number of nitrogens with zero attached hydrogens (tertiary/aromatic N) is 1. The van der Waals surface area contributed by atoms with Crippen LogP contribution in [0.15, 0.2) is 53.7 Å². The number of anilines is 1. The summed E-state index contributed by atoms with van der Waals surface area (Å²) in [7, 11) is -3.48. The van der Waals surface area contributed by atoms with E-state index in [9.17, 15) is 13.2 Å². The molecule has 1 atom stereocenters. The summed E-state index contributed by atoms with van der Waals surface area (Å²) in [5, 5.41) is 4.84. The minimum atomic E-state index is -3.48. The van der Waals surface area contributed by atoms with Crippen molar-refractivity contribution in [1.82, 2.24) is 10.3 Å². The van der Waals surface area contributed by atoms with Gasteiger partial charge < -0.3 is 10.6 Å². The monoisotopic (exact) mass is 347 g/mol. The summed E-state index contributed by atoms with van der Waals surface area (Å²) in [6.45, 7) is 5.06. The number of carbonyl (C=O) groups is 1. The van der Waals surface area contributed by atoms with Gasteiger partial charge in [-0.15, -0.1) is 0 Å². The van der Waals surface area contributed by atoms with E-state index >= 15 is 0 Å². The second-order valence-corrected chi connectivity index (χ2v) is 8.16. The van der Waals surface area contributed by atoms with Crippen LogP contribution in [0, 0.1) is 0 Å². The molecule has 0 fully saturated rings. The van der Waals surface area contributed by atoms with Crippen LogP contribution in [0.1, 0.15) is 32.4 Å². The Hall–Kier alpha value is -2.41. The molecule has 0 saturated carbocycles. The number of rotatable bonds is 5. The normalized spacial score (nSPS) is 12.7. The zero-order valence-electron chi connectivity index (χ0n) is 13.9. The van der Waals surface area contributed by atoms with Crippen molar-refractivity contribution < 1.29 is 13.2 Å². The molecule has 0 aliphatic rings. The van der Waals surface area contributed by atoms with E-state index in [1.807, 2.05) is 19.1 Å². The second-order valence-electron chi connectivity index (χ2n) is 5.69. The van der Waals surface area contributed by atoms with Crippen molar-refractivity contribution in [3.8, 4) is 0 Å². The molecule has 2 rings (SSSR count). The van der Waals surface area contributed by atoms with Gasteiger partial charge in [0.05, 0.1) is 21.9 Å². The van der Waals surface area contributed by atoms with Crippen molar-refractivity contribution in [1.29, 1.82) is 0 Å². The summed E-state index contributed by atoms with van der Waals surface area (Å²) in [5.74, 6) is 0. The molecule has 2 amide bonds. The Morgan fingerprint density at radius 3 is 2.29 bits per heavy atom. The average molecular weight is 347 g/mol. The van der Waals surface area contributed by atoms with Gasteiger partial charge in [-0.3, -0.25) is 4.98 Å². The molecule has 0 spiro atoms. The van der Waals surface area contributed by atoms with Crippen LogP contribution in [0.3, 0.4) is 0 Å². The van der Waals surface area contributed by atoms with E-state index in [0.717, 1.165) is 5.56 Å². The number of pyridine rings is 1. The third-order valence-electron chi connectivity index (χ3n) is 3.62. The zero-order valence-corrected chi connectivity index (χ0v) is 14.7. The molecule has 128 valence electrons. The number of urea groups is 1. The van der Waals surface area contributed by atoms with E-state index in [4.69, 9.17) is 0 Å². The van der Waals surface area contributed by atoms with Crippen LogP contribution in [-0.2, 0) is 9.84 Å². The van der Waals surface area contributed by atoms with Crippen LogP contribution in [-0.4, -0.2) is 24.7 Å². The Kier molecular flexibility index (Phi) is 5.56. The lowest BCUT2D eigenvalue weighted by Crippen LogP contribution is -2.31. The van der Waals surface area contributed by atoms with Crippen LogP contribution >= 0.6 is 0 Å². The van der Waals surface area contributed by atoms with Gasteiger partial charge in [0, 0.05) is 12.4 Å². The second kappa shape index (κ2) is 7.44. The number of amides is 2. The van der Waals surface area contributed by atoms with E-state index < -0.39 is 21.1 Å². The highest BCUT2D eigenvalue weighted by molar-refractivity contribution is 7.92. The first-order valence-electron chi connectivity index (χ1n) is 7.62. The van der Waals surface area contributed by atoms with Gasteiger partial charge >= 0.3 is 6.03 Å². The molecule has 0 aliphatic heterocycles. The molecule has 24 heavy (non-hydrogen) atoms. The lowest BCUT2D eigenvalue weighted by Gasteiger charge is -2.17. The summed E-state index contributed by atoms with van der Waals surface area (Å²) in [4.78, 5) is 16.3. The van der Waals surface area contributed by atoms with Gasteiger partial charge in [-0.2, -0.15) is 0 Å². The molecule has 1 unspecified atom stereocenters. The fourth-order valence-corrected chi connectivity index (χ4v) is 3.36. The molecule has 0 aliphatic carbocycles. The van der Waals surface area contributed by atoms with Crippen molar-refractivity contribution in [3.63, 3.8) is 0 Å². The third kappa shape index (κ3) is 4.11. The summed E-state index contributed by atoms with van der Waals surface area (Å²) < 4.78 is 24.8. The number of sulfone groups is 1. The van der Waals surface area contributed by atoms with Gasteiger partial charge in [-0.1, -0.05) is 12.1 Å². The molecule has 1 aromatic carbocycles. The Morgan fingerprint density at radius 1 is 1.04 bits per heavy atom. The number of aromatic nitrogens is 1. The Labute approximate surface area is 142 Å². The fraction of sp³-hybridized carbons (Fsp3) is 0.294. The zero-order chi connectivity index (χ0) is 17.7. The van der Waals surface area contributed by atoms with E-state index in [-0.39, 0.29) is 16.6 Å². The van der Waals surface area contributed by atoms with E-state index in [1.54, 1.807) is 44.4 Å². The predicted octanol–water partition coefficient (Wildman–Crippen LogP) is 3.15. The summed E-state index contributed by atoms with van der Waals surface area (Å²) in [6.07, 6.45) is 3.30. The Balaban J connectivity index is 2.16. The molecule has 0 bridgehead atoms. The molecule has 7 heteroatoms. The first kappa shape index (κ1) is 17.9. The van der Waals surface area contributed by atoms with Gasteiger partial charge in [0.1, 0.15) is 0 Å². The lowest BCUT2D eigenvalue weighted by molar-refractivity contribution is 0.249. The minimum absolute atomic E-state index is 0.117. The average Bonchev–Trinajstić information content (AvgIpc) is 2.55. The van der Waals surface area contributed by atoms with Crippen molar-refractivity contribution in [2.45, 2.75) is 37.0 Å². The topological polar surface area (TPSA) is 88.2 Å². The summed E-state index contributed by atoms with van der Waals surface area (Å²) in [6, 6.07) is 9.31. The van der Waals surface area contributed by atoms with E-state index in [1.165, 1.54) is 6.07 Å². The predicted molar refractivity (Wildman–Crippen MR) is 93.6 cm³/mol. The van der Waals surface area contributed by atoms with Crippen molar-refractivity contribution >= 4 is 21.6 Å². The molecule has 1 heterocycles. The number of hydrogen-bond donors (Lipinski definition) is 2. The number of para-hydroxylation sites is 1. The highest BCUT2D eigenvalue weighted by Crippen LogP contribution is 2.24. The smallest absolute Gasteiger partial charge is 0.319 e. The standard InChI is InChI=1S/C17H21N3O3S/c1-12(2)24(22,23)16-7-5-4-6-15(16)20-17(21)19-13(3)14-8-10-18-11-9-14/h4-13H,1-3H3,(H2,19,20,21). The maximum absolute atomic E-state index is 12.4. The van der Waals surface area contributed by atoms with Gasteiger partial charge in [0.2, 0.25) is 0 Å². The van der Waals surface area contributed by atoms with Crippen LogP contribution in [0.4, 0.5) is 10.5 Å². The molecule has 6 nitrogen and oxygen atoms in total. The molecule has 2 aromatic rings. The molecule has 0 radical (unpaired) electrons. The molecule has 2 N–H and O–H groups in total. The maximum atomic E-state index is 12.4. The molecule has 1 aromatic heterocycles. The minimum Gasteiger partial charge on any atom is -0.331 e. The number of nitrogens with one attached hydrogen (secondary N) is 2. The molecular formula is C17H21N3O3S. The van der Waals surface area contributed by atoms with Crippen LogP contribution in [0.5, 0.6) is 0 Å². The number of benzene rings is 1. The number of hydrogen-bond acceptors (Lipinski definition) is 4. The lowest BCUT2D eigenvalue weighted by atomic mass is 10.1. The van der Waals surface area contributed by atoms with E-state index in [0.29, 0.717) is 0 Å². The quantitative estimate of drug-likeness (QED) is 0.869. The summed E-state index contributed by atoms with van der Waals surface area (Å²) in [5.41, 5.74) is 1.17. The molecule has 0 saturated heterocycles. The maximum Gasteiger partial charge on any atom is 0.319 e. The largest absolute Gasteiger partial charge is 0.331 e. The van der Waals surface area contributed by atoms with Gasteiger partial charge in [0.15, 0.2) is 9.84 Å². The Bertz CT molecular complexity index is 805. The number of carbonyl (C=O) groups excluding carboxylic acids is 1. The van der Waals surface area contributed by atoms with Gasteiger partial charge in [-0.25, -0.2) is 13.2 Å². The van der Waals surface area contributed by atoms with Crippen molar-refractivity contribution in [3.05, 3.63) is 54.4 Å². The van der Waals surface area contributed by atoms with Crippen LogP contribution in [0.25, 0.3) is 0 Å². The molecular weight excluding hydrogens is 326 g/mol. The first-order chi connectivity index (χ1) is 11.3. The highest BCUT2D eigenvalue weighted by atomic mass is 32.2. The van der Waals surface area contributed by atoms with Crippen molar-refractivity contribution in [2.24, 2.45) is 0 Å². The third-order valence-corrected chi connectivity index (χ3v) is 5.83. The van der Waals surface area contributed by atoms with E-state index in [2.05, 4.69) is 15.6 Å². The van der Waals surface area contributed by atoms with Crippen LogP contribution < -0.4 is 10.6 Å². The van der Waals surface area contributed by atoms with Crippen LogP contribution in [0.2, 0.25) is 0 Å². The Morgan fingerprint density at radius 2 is 1.67 bits per heavy atom. The van der Waals surface area contributed by atoms with Crippen molar-refractivity contribution in [2.75, 3.05) is 5.32 Å². The summed E-state index contributed by atoms with van der Waals surface area (Å²) >= 11 is 0. The van der Waals surface area contributed by atoms with Gasteiger partial charge in [-0.05, 0) is 50.6 Å². The SMILES string of the molecule is CC(NC(=O)Nc1ccccc1S(=O)(=O)C(C)C)c1ccncc1. The fourth-order valence-electron chi connectivity index (χ4n) is 2.16. The highest BCUT2D eigenvalue weighted by Gasteiger charge is 2.23. The first-order valence-corrected chi connectivity index (χ1v) is 9.17.